The number of fused-ring (bicyclic) bond motifs is 1. The van der Waals surface area contributed by atoms with Crippen molar-refractivity contribution in [3.63, 3.8) is 0 Å². The van der Waals surface area contributed by atoms with Crippen LogP contribution in [0.15, 0.2) is 40.7 Å². The number of hydrogen-bond donors (Lipinski definition) is 1. The number of para-hydroxylation sites is 2. The first-order chi connectivity index (χ1) is 12.7. The molecular formula is C21H29N3O2. The number of carbonyl (C=O) groups excluding carboxylic acids is 1. The number of aryl methyl sites for hydroxylation is 2. The lowest BCUT2D eigenvalue weighted by molar-refractivity contribution is -0.121. The Morgan fingerprint density at radius 3 is 2.50 bits per heavy atom. The summed E-state index contributed by atoms with van der Waals surface area (Å²) < 4.78 is 3.54. The van der Waals surface area contributed by atoms with E-state index in [0.29, 0.717) is 26.1 Å². The zero-order valence-corrected chi connectivity index (χ0v) is 15.7. The van der Waals surface area contributed by atoms with Crippen molar-refractivity contribution in [2.45, 2.75) is 65.0 Å². The summed E-state index contributed by atoms with van der Waals surface area (Å²) in [4.78, 5) is 24.9. The van der Waals surface area contributed by atoms with Gasteiger partial charge in [0.1, 0.15) is 0 Å². The van der Waals surface area contributed by atoms with Crippen LogP contribution in [0.2, 0.25) is 0 Å². The van der Waals surface area contributed by atoms with Crippen LogP contribution in [0.1, 0.15) is 51.9 Å². The van der Waals surface area contributed by atoms with Crippen molar-refractivity contribution >= 4 is 16.9 Å². The number of aromatic nitrogens is 2. The summed E-state index contributed by atoms with van der Waals surface area (Å²) in [5.41, 5.74) is 3.30. The molecule has 1 aromatic heterocycles. The fourth-order valence-electron chi connectivity index (χ4n) is 3.72. The molecule has 3 rings (SSSR count). The molecule has 0 saturated carbocycles. The highest BCUT2D eigenvalue weighted by molar-refractivity contribution is 5.78. The van der Waals surface area contributed by atoms with E-state index in [4.69, 9.17) is 0 Å². The van der Waals surface area contributed by atoms with Crippen LogP contribution in [0.25, 0.3) is 11.0 Å². The summed E-state index contributed by atoms with van der Waals surface area (Å²) in [5.74, 6) is 0.0145. The van der Waals surface area contributed by atoms with Crippen molar-refractivity contribution in [1.29, 1.82) is 0 Å². The Balaban J connectivity index is 1.59. The molecule has 0 atom stereocenters. The molecule has 5 heteroatoms. The zero-order valence-electron chi connectivity index (χ0n) is 15.7. The first-order valence-electron chi connectivity index (χ1n) is 9.83. The highest BCUT2D eigenvalue weighted by Crippen LogP contribution is 2.19. The minimum absolute atomic E-state index is 0.0145. The Morgan fingerprint density at radius 2 is 1.85 bits per heavy atom. The standard InChI is InChI=1S/C21H29N3O2/c1-2-15-23-18-10-6-7-11-19(18)24(21(23)26)16-13-20(25)22-14-12-17-8-4-3-5-9-17/h6-8,10-11H,2-5,9,12-16H2,1H3,(H,22,25). The van der Waals surface area contributed by atoms with Crippen molar-refractivity contribution in [2.75, 3.05) is 6.54 Å². The second-order valence-electron chi connectivity index (χ2n) is 7.03. The summed E-state index contributed by atoms with van der Waals surface area (Å²) >= 11 is 0. The van der Waals surface area contributed by atoms with E-state index in [1.54, 1.807) is 4.57 Å². The van der Waals surface area contributed by atoms with Gasteiger partial charge in [0.2, 0.25) is 5.91 Å². The lowest BCUT2D eigenvalue weighted by atomic mass is 9.97. The van der Waals surface area contributed by atoms with Crippen LogP contribution in [-0.2, 0) is 17.9 Å². The lowest BCUT2D eigenvalue weighted by Crippen LogP contribution is -2.29. The van der Waals surface area contributed by atoms with Gasteiger partial charge in [0.25, 0.3) is 0 Å². The van der Waals surface area contributed by atoms with Gasteiger partial charge in [0, 0.05) is 26.1 Å². The van der Waals surface area contributed by atoms with Crippen LogP contribution in [0, 0.1) is 0 Å². The fourth-order valence-corrected chi connectivity index (χ4v) is 3.72. The third kappa shape index (κ3) is 4.26. The molecule has 0 saturated heterocycles. The van der Waals surface area contributed by atoms with E-state index in [9.17, 15) is 9.59 Å². The average Bonchev–Trinajstić information content (AvgIpc) is 2.93. The normalized spacial score (nSPS) is 14.4. The second kappa shape index (κ2) is 8.88. The highest BCUT2D eigenvalue weighted by atomic mass is 16.2. The Kier molecular flexibility index (Phi) is 6.31. The van der Waals surface area contributed by atoms with Gasteiger partial charge >= 0.3 is 5.69 Å². The number of allylic oxidation sites excluding steroid dienone is 1. The van der Waals surface area contributed by atoms with Gasteiger partial charge in [-0.1, -0.05) is 30.7 Å². The SMILES string of the molecule is CCCn1c(=O)n(CCC(=O)NCCC2=CCCCC2)c2ccccc21. The summed E-state index contributed by atoms with van der Waals surface area (Å²) in [7, 11) is 0. The van der Waals surface area contributed by atoms with E-state index >= 15 is 0 Å². The highest BCUT2D eigenvalue weighted by Gasteiger charge is 2.13. The van der Waals surface area contributed by atoms with Gasteiger partial charge in [0.15, 0.2) is 0 Å². The number of carbonyl (C=O) groups is 1. The molecule has 1 aliphatic carbocycles. The van der Waals surface area contributed by atoms with Crippen LogP contribution < -0.4 is 11.0 Å². The molecule has 1 aliphatic rings. The maximum Gasteiger partial charge on any atom is 0.329 e. The molecule has 1 aromatic carbocycles. The van der Waals surface area contributed by atoms with Crippen molar-refractivity contribution in [3.05, 3.63) is 46.4 Å². The van der Waals surface area contributed by atoms with Crippen LogP contribution in [0.4, 0.5) is 0 Å². The maximum atomic E-state index is 12.7. The van der Waals surface area contributed by atoms with Crippen molar-refractivity contribution in [1.82, 2.24) is 14.5 Å². The minimum atomic E-state index is -0.0202. The largest absolute Gasteiger partial charge is 0.356 e. The molecule has 0 radical (unpaired) electrons. The predicted molar refractivity (Wildman–Crippen MR) is 105 cm³/mol. The number of nitrogens with zero attached hydrogens (tertiary/aromatic N) is 2. The molecule has 0 unspecified atom stereocenters. The Morgan fingerprint density at radius 1 is 1.12 bits per heavy atom. The predicted octanol–water partition coefficient (Wildman–Crippen LogP) is 3.61. The Bertz CT molecular complexity index is 845. The van der Waals surface area contributed by atoms with Gasteiger partial charge in [-0.3, -0.25) is 13.9 Å². The topological polar surface area (TPSA) is 56.0 Å². The quantitative estimate of drug-likeness (QED) is 0.736. The molecule has 5 nitrogen and oxygen atoms in total. The summed E-state index contributed by atoms with van der Waals surface area (Å²) in [6, 6.07) is 7.81. The van der Waals surface area contributed by atoms with Crippen molar-refractivity contribution < 1.29 is 4.79 Å². The third-order valence-corrected chi connectivity index (χ3v) is 5.09. The molecule has 0 fully saturated rings. The van der Waals surface area contributed by atoms with Gasteiger partial charge in [-0.15, -0.1) is 0 Å². The monoisotopic (exact) mass is 355 g/mol. The Labute approximate surface area is 154 Å². The van der Waals surface area contributed by atoms with E-state index in [0.717, 1.165) is 23.9 Å². The summed E-state index contributed by atoms with van der Waals surface area (Å²) in [6.45, 7) is 3.88. The van der Waals surface area contributed by atoms with Gasteiger partial charge in [-0.05, 0) is 50.7 Å². The smallest absolute Gasteiger partial charge is 0.329 e. The molecule has 1 heterocycles. The Hall–Kier alpha value is -2.30. The number of imidazole rings is 1. The molecule has 140 valence electrons. The van der Waals surface area contributed by atoms with E-state index in [-0.39, 0.29) is 11.6 Å². The van der Waals surface area contributed by atoms with E-state index in [1.165, 1.54) is 31.3 Å². The number of nitrogens with one attached hydrogen (secondary N) is 1. The van der Waals surface area contributed by atoms with Crippen LogP contribution in [0.3, 0.4) is 0 Å². The molecule has 1 N–H and O–H groups in total. The van der Waals surface area contributed by atoms with Crippen LogP contribution >= 0.6 is 0 Å². The first-order valence-corrected chi connectivity index (χ1v) is 9.83. The summed E-state index contributed by atoms with van der Waals surface area (Å²) in [6.07, 6.45) is 9.40. The molecule has 1 amide bonds. The van der Waals surface area contributed by atoms with Gasteiger partial charge in [0.05, 0.1) is 11.0 Å². The molecule has 0 aliphatic heterocycles. The minimum Gasteiger partial charge on any atom is -0.356 e. The molecule has 26 heavy (non-hydrogen) atoms. The molecule has 2 aromatic rings. The average molecular weight is 355 g/mol. The number of amides is 1. The number of benzene rings is 1. The van der Waals surface area contributed by atoms with Gasteiger partial charge in [-0.25, -0.2) is 4.79 Å². The van der Waals surface area contributed by atoms with E-state index in [2.05, 4.69) is 18.3 Å². The lowest BCUT2D eigenvalue weighted by Gasteiger charge is -2.13. The van der Waals surface area contributed by atoms with Crippen molar-refractivity contribution in [2.24, 2.45) is 0 Å². The van der Waals surface area contributed by atoms with Crippen molar-refractivity contribution in [3.8, 4) is 0 Å². The van der Waals surface area contributed by atoms with Gasteiger partial charge in [-0.2, -0.15) is 0 Å². The maximum absolute atomic E-state index is 12.7. The summed E-state index contributed by atoms with van der Waals surface area (Å²) in [5, 5.41) is 3.00. The van der Waals surface area contributed by atoms with Crippen LogP contribution in [0.5, 0.6) is 0 Å². The number of hydrogen-bond acceptors (Lipinski definition) is 2. The number of rotatable bonds is 8. The van der Waals surface area contributed by atoms with E-state index < -0.39 is 0 Å². The fraction of sp³-hybridized carbons (Fsp3) is 0.524. The van der Waals surface area contributed by atoms with Crippen LogP contribution in [-0.4, -0.2) is 21.6 Å². The molecule has 0 spiro atoms. The second-order valence-corrected chi connectivity index (χ2v) is 7.03. The van der Waals surface area contributed by atoms with Gasteiger partial charge < -0.3 is 5.32 Å². The van der Waals surface area contributed by atoms with E-state index in [1.807, 2.05) is 28.8 Å². The molecule has 0 bridgehead atoms. The third-order valence-electron chi connectivity index (χ3n) is 5.09. The first kappa shape index (κ1) is 18.5. The molecular weight excluding hydrogens is 326 g/mol. The zero-order chi connectivity index (χ0) is 18.4.